The van der Waals surface area contributed by atoms with Crippen LogP contribution in [0.4, 0.5) is 4.39 Å². The van der Waals surface area contributed by atoms with Gasteiger partial charge in [-0.15, -0.1) is 0 Å². The molecule has 0 radical (unpaired) electrons. The van der Waals surface area contributed by atoms with Crippen LogP contribution in [0.3, 0.4) is 0 Å². The summed E-state index contributed by atoms with van der Waals surface area (Å²) in [6.45, 7) is 3.92. The Hall–Kier alpha value is -4.19. The van der Waals surface area contributed by atoms with E-state index in [2.05, 4.69) is 0 Å². The van der Waals surface area contributed by atoms with Crippen molar-refractivity contribution in [3.8, 4) is 0 Å². The lowest BCUT2D eigenvalue weighted by Crippen LogP contribution is -2.66. The molecular weight excluding hydrogens is 623 g/mol. The Bertz CT molecular complexity index is 1260. The lowest BCUT2D eigenvalue weighted by molar-refractivity contribution is -0.350. The van der Waals surface area contributed by atoms with Crippen LogP contribution in [0.2, 0.25) is 0 Å². The summed E-state index contributed by atoms with van der Waals surface area (Å²) >= 11 is 0. The monoisotopic (exact) mass is 658 g/mol. The van der Waals surface area contributed by atoms with Gasteiger partial charge in [0.25, 0.3) is 0 Å². The van der Waals surface area contributed by atoms with Crippen LogP contribution in [0.25, 0.3) is 0 Å². The minimum absolute atomic E-state index is 0.0287. The molecule has 46 heavy (non-hydrogen) atoms. The van der Waals surface area contributed by atoms with Crippen molar-refractivity contribution < 1.29 is 80.9 Å². The molecule has 2 saturated heterocycles. The first-order valence-corrected chi connectivity index (χ1v) is 14.0. The van der Waals surface area contributed by atoms with E-state index in [9.17, 15) is 33.9 Å². The highest BCUT2D eigenvalue weighted by Crippen LogP contribution is 2.35. The quantitative estimate of drug-likeness (QED) is 0.251. The number of ether oxygens (including phenoxy) is 9. The third-order valence-electron chi connectivity index (χ3n) is 6.53. The molecule has 2 aliphatic heterocycles. The molecule has 254 valence electrons. The van der Waals surface area contributed by atoms with Gasteiger partial charge >= 0.3 is 35.8 Å². The molecule has 0 amide bonds. The first-order chi connectivity index (χ1) is 21.7. The smallest absolute Gasteiger partial charge is 0.338 e. The highest BCUT2D eigenvalue weighted by atomic mass is 19.1. The molecule has 1 N–H and O–H groups in total. The zero-order valence-electron chi connectivity index (χ0n) is 25.5. The highest BCUT2D eigenvalue weighted by molar-refractivity contribution is 5.89. The van der Waals surface area contributed by atoms with Crippen LogP contribution in [0.15, 0.2) is 30.3 Å². The van der Waals surface area contributed by atoms with Gasteiger partial charge in [0.1, 0.15) is 31.5 Å². The Kier molecular flexibility index (Phi) is 12.9. The number of aliphatic hydroxyl groups excluding tert-OH is 1. The van der Waals surface area contributed by atoms with Crippen molar-refractivity contribution in [2.75, 3.05) is 13.2 Å². The zero-order chi connectivity index (χ0) is 34.1. The van der Waals surface area contributed by atoms with E-state index in [0.29, 0.717) is 0 Å². The van der Waals surface area contributed by atoms with Gasteiger partial charge in [0.05, 0.1) is 5.56 Å². The summed E-state index contributed by atoms with van der Waals surface area (Å²) in [5.74, 6) is -5.31. The van der Waals surface area contributed by atoms with Crippen molar-refractivity contribution in [3.05, 3.63) is 35.9 Å². The summed E-state index contributed by atoms with van der Waals surface area (Å²) in [5.41, 5.74) is 0.0287. The Morgan fingerprint density at radius 3 is 1.67 bits per heavy atom. The van der Waals surface area contributed by atoms with Crippen molar-refractivity contribution in [1.29, 1.82) is 0 Å². The Balaban J connectivity index is 2.01. The van der Waals surface area contributed by atoms with E-state index in [1.165, 1.54) is 24.3 Å². The molecule has 0 aromatic heterocycles. The summed E-state index contributed by atoms with van der Waals surface area (Å²) in [4.78, 5) is 72.2. The molecule has 0 aliphatic carbocycles. The second kappa shape index (κ2) is 16.4. The van der Waals surface area contributed by atoms with Crippen LogP contribution in [0.1, 0.15) is 45.0 Å². The van der Waals surface area contributed by atoms with Crippen molar-refractivity contribution in [3.63, 3.8) is 0 Å². The van der Waals surface area contributed by atoms with Gasteiger partial charge < -0.3 is 47.7 Å². The molecule has 0 bridgehead atoms. The fourth-order valence-electron chi connectivity index (χ4n) is 4.72. The number of aliphatic hydroxyl groups is 1. The van der Waals surface area contributed by atoms with Gasteiger partial charge in [-0.05, 0) is 12.1 Å². The zero-order valence-corrected chi connectivity index (χ0v) is 25.5. The Labute approximate surface area is 262 Å². The molecule has 2 aliphatic rings. The highest BCUT2D eigenvalue weighted by Gasteiger charge is 2.56. The molecule has 10 atom stereocenters. The number of rotatable bonds is 11. The van der Waals surface area contributed by atoms with Gasteiger partial charge in [-0.2, -0.15) is 0 Å². The van der Waals surface area contributed by atoms with Gasteiger partial charge in [0.2, 0.25) is 0 Å². The molecule has 2 heterocycles. The van der Waals surface area contributed by atoms with Crippen LogP contribution in [-0.4, -0.2) is 116 Å². The van der Waals surface area contributed by atoms with E-state index in [-0.39, 0.29) is 5.56 Å². The lowest BCUT2D eigenvalue weighted by Gasteiger charge is -2.47. The van der Waals surface area contributed by atoms with E-state index in [0.717, 1.165) is 34.6 Å². The maximum atomic E-state index is 16.3. The maximum absolute atomic E-state index is 16.3. The van der Waals surface area contributed by atoms with Crippen LogP contribution in [-0.2, 0) is 66.6 Å². The number of alkyl halides is 1. The van der Waals surface area contributed by atoms with E-state index < -0.39 is 111 Å². The summed E-state index contributed by atoms with van der Waals surface area (Å²) in [6, 6.07) is 7.47. The van der Waals surface area contributed by atoms with Gasteiger partial charge in [-0.1, -0.05) is 18.2 Å². The SMILES string of the molecule is CC(=O)OC[C@H]1O[C@@H](O[C@H]2[C@H](F)[C@H](OC(=O)c3ccccc3)[C@@H](O)O[C@@H]2COC(C)=O)[C@H](OC(C)=O)[C@@H](OC(C)=O)[C@H]1OC(C)=O. The summed E-state index contributed by atoms with van der Waals surface area (Å²) in [5, 5.41) is 10.6. The number of halogens is 1. The first kappa shape index (κ1) is 36.3. The van der Waals surface area contributed by atoms with Crippen molar-refractivity contribution in [2.24, 2.45) is 0 Å². The minimum atomic E-state index is -2.40. The van der Waals surface area contributed by atoms with E-state index in [1.54, 1.807) is 6.07 Å². The largest absolute Gasteiger partial charge is 0.463 e. The van der Waals surface area contributed by atoms with Crippen molar-refractivity contribution in [1.82, 2.24) is 0 Å². The third kappa shape index (κ3) is 9.90. The number of esters is 6. The van der Waals surface area contributed by atoms with Gasteiger partial charge in [-0.25, -0.2) is 9.18 Å². The summed E-state index contributed by atoms with van der Waals surface area (Å²) in [6.07, 6.45) is -18.1. The first-order valence-electron chi connectivity index (χ1n) is 14.0. The Morgan fingerprint density at radius 1 is 0.652 bits per heavy atom. The number of hydrogen-bond acceptors (Lipinski definition) is 16. The summed E-state index contributed by atoms with van der Waals surface area (Å²) < 4.78 is 64.7. The van der Waals surface area contributed by atoms with E-state index >= 15 is 4.39 Å². The van der Waals surface area contributed by atoms with Crippen LogP contribution in [0.5, 0.6) is 0 Å². The molecular formula is C29H35FO16. The predicted octanol–water partition coefficient (Wildman–Crippen LogP) is 0.299. The minimum Gasteiger partial charge on any atom is -0.463 e. The standard InChI is InChI=1S/C29H35FO16/c1-13(31)38-11-19-22(21(30)24(28(37)43-19)45-27(36)18-9-7-6-8-10-18)46-29-26(42-17(5)35)25(41-16(4)34)23(40-15(3)33)20(44-29)12-39-14(2)32/h6-10,19-26,28-29,37H,11-12H2,1-5H3/t19-,20-,21+,22-,23+,24+,25+,26-,28+,29+/m1/s1. The lowest BCUT2D eigenvalue weighted by atomic mass is 9.96. The second-order valence-electron chi connectivity index (χ2n) is 10.2. The molecule has 0 unspecified atom stereocenters. The fraction of sp³-hybridized carbons (Fsp3) is 0.586. The average molecular weight is 659 g/mol. The number of benzene rings is 1. The molecule has 3 rings (SSSR count). The molecule has 0 saturated carbocycles. The number of carbonyl (C=O) groups is 6. The van der Waals surface area contributed by atoms with E-state index in [4.69, 9.17) is 42.6 Å². The fourth-order valence-corrected chi connectivity index (χ4v) is 4.72. The topological polar surface area (TPSA) is 206 Å². The molecule has 2 fully saturated rings. The molecule has 1 aromatic rings. The Morgan fingerprint density at radius 2 is 1.15 bits per heavy atom. The van der Waals surface area contributed by atoms with Crippen molar-refractivity contribution in [2.45, 2.75) is 96.1 Å². The van der Waals surface area contributed by atoms with E-state index in [1.807, 2.05) is 0 Å². The second-order valence-corrected chi connectivity index (χ2v) is 10.2. The van der Waals surface area contributed by atoms with Crippen LogP contribution < -0.4 is 0 Å². The van der Waals surface area contributed by atoms with Crippen LogP contribution in [0, 0.1) is 0 Å². The van der Waals surface area contributed by atoms with Gasteiger partial charge in [0, 0.05) is 34.6 Å². The number of hydrogen-bond donors (Lipinski definition) is 1. The normalized spacial score (nSPS) is 30.7. The molecule has 0 spiro atoms. The summed E-state index contributed by atoms with van der Waals surface area (Å²) in [7, 11) is 0. The van der Waals surface area contributed by atoms with Crippen LogP contribution >= 0.6 is 0 Å². The third-order valence-corrected chi connectivity index (χ3v) is 6.53. The molecule has 17 heteroatoms. The predicted molar refractivity (Wildman–Crippen MR) is 145 cm³/mol. The molecule has 1 aromatic carbocycles. The molecule has 16 nitrogen and oxygen atoms in total. The van der Waals surface area contributed by atoms with Gasteiger partial charge in [-0.3, -0.25) is 24.0 Å². The number of carbonyl (C=O) groups excluding carboxylic acids is 6. The van der Waals surface area contributed by atoms with Crippen molar-refractivity contribution >= 4 is 35.8 Å². The average Bonchev–Trinajstić information content (AvgIpc) is 2.97. The maximum Gasteiger partial charge on any atom is 0.338 e. The van der Waals surface area contributed by atoms with Gasteiger partial charge in [0.15, 0.2) is 43.2 Å².